The van der Waals surface area contributed by atoms with Gasteiger partial charge in [0.1, 0.15) is 17.9 Å². The molecule has 1 aromatic carbocycles. The Morgan fingerprint density at radius 1 is 1.19 bits per heavy atom. The topological polar surface area (TPSA) is 173 Å². The number of nitrogens with one attached hydrogen (secondary N) is 1. The maximum atomic E-state index is 12.7. The zero-order valence-corrected chi connectivity index (χ0v) is 20.5. The third-order valence-electron chi connectivity index (χ3n) is 6.42. The molecule has 1 saturated heterocycles. The van der Waals surface area contributed by atoms with Gasteiger partial charge in [-0.2, -0.15) is 5.26 Å². The van der Waals surface area contributed by atoms with Crippen molar-refractivity contribution in [2.24, 2.45) is 5.73 Å². The SMILES string of the molecule is CCc1ccnc(NC(=O)c2ccc(-c3nc([C@@H]4CCCCN4C(=O)CC#N)n(N)c3C(N)=O)cc2)c1. The number of nitriles is 1. The summed E-state index contributed by atoms with van der Waals surface area (Å²) < 4.78 is 1.13. The molecule has 0 bridgehead atoms. The van der Waals surface area contributed by atoms with Gasteiger partial charge in [0.25, 0.3) is 11.8 Å². The lowest BCUT2D eigenvalue weighted by Gasteiger charge is -2.34. The summed E-state index contributed by atoms with van der Waals surface area (Å²) in [5, 5.41) is 11.8. The number of aromatic nitrogens is 3. The van der Waals surface area contributed by atoms with E-state index in [4.69, 9.17) is 16.8 Å². The Labute approximate surface area is 214 Å². The molecule has 2 aromatic heterocycles. The molecule has 4 rings (SSSR count). The average molecular weight is 501 g/mol. The highest BCUT2D eigenvalue weighted by Gasteiger charge is 2.33. The van der Waals surface area contributed by atoms with Crippen molar-refractivity contribution in [3.8, 4) is 17.3 Å². The summed E-state index contributed by atoms with van der Waals surface area (Å²) in [7, 11) is 0. The van der Waals surface area contributed by atoms with E-state index < -0.39 is 11.9 Å². The third kappa shape index (κ3) is 5.28. The molecule has 190 valence electrons. The van der Waals surface area contributed by atoms with Crippen LogP contribution in [-0.2, 0) is 11.2 Å². The maximum absolute atomic E-state index is 12.7. The Kier molecular flexibility index (Phi) is 7.48. The normalized spacial score (nSPS) is 15.1. The molecule has 0 saturated carbocycles. The number of pyridine rings is 1. The number of amides is 3. The summed E-state index contributed by atoms with van der Waals surface area (Å²) >= 11 is 0. The number of anilines is 1. The lowest BCUT2D eigenvalue weighted by Crippen LogP contribution is -2.40. The van der Waals surface area contributed by atoms with Crippen LogP contribution in [0.2, 0.25) is 0 Å². The Balaban J connectivity index is 1.63. The zero-order valence-electron chi connectivity index (χ0n) is 20.5. The van der Waals surface area contributed by atoms with Crippen molar-refractivity contribution in [3.05, 3.63) is 65.2 Å². The maximum Gasteiger partial charge on any atom is 0.269 e. The number of primary amides is 1. The van der Waals surface area contributed by atoms with Crippen LogP contribution in [0, 0.1) is 11.3 Å². The molecule has 37 heavy (non-hydrogen) atoms. The second-order valence-corrected chi connectivity index (χ2v) is 8.77. The van der Waals surface area contributed by atoms with Gasteiger partial charge in [0, 0.05) is 23.9 Å². The van der Waals surface area contributed by atoms with Crippen molar-refractivity contribution in [1.82, 2.24) is 19.5 Å². The Hall–Kier alpha value is -4.72. The van der Waals surface area contributed by atoms with Crippen molar-refractivity contribution in [3.63, 3.8) is 0 Å². The highest BCUT2D eigenvalue weighted by molar-refractivity contribution is 6.04. The number of nitrogens with two attached hydrogens (primary N) is 2. The van der Waals surface area contributed by atoms with E-state index in [9.17, 15) is 14.4 Å². The second-order valence-electron chi connectivity index (χ2n) is 8.77. The zero-order chi connectivity index (χ0) is 26.5. The number of rotatable bonds is 7. The molecule has 11 nitrogen and oxygen atoms in total. The van der Waals surface area contributed by atoms with E-state index in [1.807, 2.05) is 25.1 Å². The highest BCUT2D eigenvalue weighted by Crippen LogP contribution is 2.34. The molecule has 0 unspecified atom stereocenters. The molecule has 3 aromatic rings. The van der Waals surface area contributed by atoms with Gasteiger partial charge in [-0.15, -0.1) is 0 Å². The van der Waals surface area contributed by atoms with Crippen LogP contribution in [0.1, 0.15) is 70.9 Å². The first-order valence-electron chi connectivity index (χ1n) is 12.0. The largest absolute Gasteiger partial charge is 0.364 e. The molecule has 0 radical (unpaired) electrons. The minimum absolute atomic E-state index is 0.00830. The number of hydrogen-bond donors (Lipinski definition) is 3. The fourth-order valence-corrected chi connectivity index (χ4v) is 4.52. The molecule has 3 heterocycles. The fourth-order valence-electron chi connectivity index (χ4n) is 4.52. The van der Waals surface area contributed by atoms with Crippen molar-refractivity contribution in [1.29, 1.82) is 5.26 Å². The van der Waals surface area contributed by atoms with E-state index in [0.717, 1.165) is 29.5 Å². The first-order valence-corrected chi connectivity index (χ1v) is 12.0. The molecule has 1 fully saturated rings. The van der Waals surface area contributed by atoms with E-state index in [0.29, 0.717) is 35.7 Å². The van der Waals surface area contributed by atoms with Gasteiger partial charge in [-0.1, -0.05) is 19.1 Å². The van der Waals surface area contributed by atoms with Crippen LogP contribution in [0.5, 0.6) is 0 Å². The van der Waals surface area contributed by atoms with Gasteiger partial charge in [-0.3, -0.25) is 14.4 Å². The predicted octanol–water partition coefficient (Wildman–Crippen LogP) is 2.54. The van der Waals surface area contributed by atoms with Crippen LogP contribution in [0.3, 0.4) is 0 Å². The Morgan fingerprint density at radius 2 is 1.95 bits per heavy atom. The minimum atomic E-state index is -0.773. The molecule has 3 amide bonds. The number of benzene rings is 1. The summed E-state index contributed by atoms with van der Waals surface area (Å²) in [6, 6.07) is 11.6. The van der Waals surface area contributed by atoms with Crippen LogP contribution in [0.15, 0.2) is 42.6 Å². The van der Waals surface area contributed by atoms with Crippen LogP contribution < -0.4 is 16.9 Å². The molecule has 0 aliphatic carbocycles. The van der Waals surface area contributed by atoms with Gasteiger partial charge in [-0.25, -0.2) is 14.6 Å². The van der Waals surface area contributed by atoms with E-state index in [-0.39, 0.29) is 29.6 Å². The molecule has 1 aliphatic rings. The average Bonchev–Trinajstić information content (AvgIpc) is 3.26. The van der Waals surface area contributed by atoms with E-state index >= 15 is 0 Å². The number of nitrogens with zero attached hydrogens (tertiary/aromatic N) is 5. The first-order chi connectivity index (χ1) is 17.8. The number of aryl methyl sites for hydroxylation is 1. The van der Waals surface area contributed by atoms with E-state index in [1.54, 1.807) is 35.4 Å². The van der Waals surface area contributed by atoms with E-state index in [2.05, 4.69) is 15.3 Å². The van der Waals surface area contributed by atoms with Crippen molar-refractivity contribution in [2.75, 3.05) is 17.7 Å². The van der Waals surface area contributed by atoms with Crippen LogP contribution in [-0.4, -0.2) is 43.8 Å². The third-order valence-corrected chi connectivity index (χ3v) is 6.42. The van der Waals surface area contributed by atoms with Crippen LogP contribution in [0.4, 0.5) is 5.82 Å². The van der Waals surface area contributed by atoms with Crippen molar-refractivity contribution >= 4 is 23.5 Å². The number of likely N-dealkylation sites (tertiary alicyclic amines) is 1. The summed E-state index contributed by atoms with van der Waals surface area (Å²) in [5.74, 6) is 5.63. The number of nitrogen functional groups attached to an aromatic ring is 1. The number of hydrogen-bond acceptors (Lipinski definition) is 7. The highest BCUT2D eigenvalue weighted by atomic mass is 16.2. The smallest absolute Gasteiger partial charge is 0.269 e. The lowest BCUT2D eigenvalue weighted by atomic mass is 10.0. The molecular formula is C26H28N8O3. The quantitative estimate of drug-likeness (QED) is 0.418. The first kappa shape index (κ1) is 25.4. The number of piperidine rings is 1. The van der Waals surface area contributed by atoms with Gasteiger partial charge in [0.2, 0.25) is 5.91 Å². The minimum Gasteiger partial charge on any atom is -0.364 e. The van der Waals surface area contributed by atoms with Gasteiger partial charge >= 0.3 is 0 Å². The Bertz CT molecular complexity index is 1370. The van der Waals surface area contributed by atoms with Crippen molar-refractivity contribution in [2.45, 2.75) is 45.1 Å². The Morgan fingerprint density at radius 3 is 2.62 bits per heavy atom. The van der Waals surface area contributed by atoms with Crippen molar-refractivity contribution < 1.29 is 14.4 Å². The van der Waals surface area contributed by atoms with Gasteiger partial charge in [0.15, 0.2) is 11.5 Å². The summed E-state index contributed by atoms with van der Waals surface area (Å²) in [5.41, 5.74) is 7.88. The molecule has 5 N–H and O–H groups in total. The van der Waals surface area contributed by atoms with Crippen LogP contribution >= 0.6 is 0 Å². The molecular weight excluding hydrogens is 472 g/mol. The number of carbonyl (C=O) groups is 3. The summed E-state index contributed by atoms with van der Waals surface area (Å²) in [6.45, 7) is 2.49. The number of imidazole rings is 1. The molecule has 11 heteroatoms. The monoisotopic (exact) mass is 500 g/mol. The predicted molar refractivity (Wildman–Crippen MR) is 136 cm³/mol. The fraction of sp³-hybridized carbons (Fsp3) is 0.308. The van der Waals surface area contributed by atoms with Crippen LogP contribution in [0.25, 0.3) is 11.3 Å². The second kappa shape index (κ2) is 10.9. The summed E-state index contributed by atoms with van der Waals surface area (Å²) in [4.78, 5) is 48.0. The lowest BCUT2D eigenvalue weighted by molar-refractivity contribution is -0.134. The molecule has 1 atom stereocenters. The standard InChI is InChI=1S/C26H28N8O3/c1-2-16-11-13-30-20(15-16)31-26(37)18-8-6-17(7-9-18)22-23(24(28)36)34(29)25(32-22)19-5-3-4-14-33(19)21(35)10-12-27/h6-9,11,13,15,19H,2-5,10,14,29H2,1H3,(H2,28,36)(H,30,31,37)/t19-/m0/s1. The molecule has 1 aliphatic heterocycles. The van der Waals surface area contributed by atoms with Gasteiger partial charge < -0.3 is 21.8 Å². The number of carbonyl (C=O) groups excluding carboxylic acids is 3. The molecule has 0 spiro atoms. The summed E-state index contributed by atoms with van der Waals surface area (Å²) in [6.07, 6.45) is 4.45. The van der Waals surface area contributed by atoms with Gasteiger partial charge in [0.05, 0.1) is 12.1 Å². The van der Waals surface area contributed by atoms with Gasteiger partial charge in [-0.05, 0) is 55.5 Å². The van der Waals surface area contributed by atoms with E-state index in [1.165, 1.54) is 0 Å².